The van der Waals surface area contributed by atoms with E-state index in [4.69, 9.17) is 32.7 Å². The summed E-state index contributed by atoms with van der Waals surface area (Å²) in [5, 5.41) is 7.03. The first kappa shape index (κ1) is 20.0. The molecule has 2 N–H and O–H groups in total. The highest BCUT2D eigenvalue weighted by atomic mass is 35.5. The molecule has 2 heterocycles. The first-order valence-corrected chi connectivity index (χ1v) is 10.4. The minimum absolute atomic E-state index is 0.0200. The van der Waals surface area contributed by atoms with Gasteiger partial charge in [-0.1, -0.05) is 28.4 Å². The van der Waals surface area contributed by atoms with Crippen LogP contribution in [0.2, 0.25) is 10.0 Å². The summed E-state index contributed by atoms with van der Waals surface area (Å²) in [6, 6.07) is 6.80. The molecule has 2 aromatic carbocycles. The van der Waals surface area contributed by atoms with Crippen molar-refractivity contribution in [2.45, 2.75) is 38.2 Å². The van der Waals surface area contributed by atoms with Gasteiger partial charge in [0.2, 0.25) is 5.91 Å². The van der Waals surface area contributed by atoms with Crippen molar-refractivity contribution in [1.82, 2.24) is 10.1 Å². The van der Waals surface area contributed by atoms with Gasteiger partial charge in [-0.15, -0.1) is 0 Å². The van der Waals surface area contributed by atoms with E-state index in [2.05, 4.69) is 20.0 Å². The van der Waals surface area contributed by atoms with Crippen molar-refractivity contribution < 1.29 is 18.8 Å². The standard InChI is InChI=1S/C21H17Cl2N3O5/c1-21-6-2-3-11-15(5-4-14(17(11)21)24-19(21)27)30-18-12(22)7-10(8-13(18)23)29-9-16-25-20(28)31-26-16/h4-5,7-8H,2-3,6,9H2,1H3,(H,24,27)(H,25,26,28). The number of aromatic amines is 1. The van der Waals surface area contributed by atoms with Gasteiger partial charge in [-0.3, -0.25) is 14.3 Å². The second-order valence-corrected chi connectivity index (χ2v) is 8.57. The lowest BCUT2D eigenvalue weighted by atomic mass is 9.72. The number of carbonyl (C=O) groups excluding carboxylic acids is 1. The van der Waals surface area contributed by atoms with E-state index < -0.39 is 11.2 Å². The molecule has 1 aliphatic carbocycles. The number of ether oxygens (including phenoxy) is 2. The number of hydrogen-bond donors (Lipinski definition) is 2. The summed E-state index contributed by atoms with van der Waals surface area (Å²) in [7, 11) is 0. The van der Waals surface area contributed by atoms with Crippen molar-refractivity contribution in [3.05, 3.63) is 61.8 Å². The van der Waals surface area contributed by atoms with Gasteiger partial charge in [-0.05, 0) is 43.9 Å². The second kappa shape index (κ2) is 7.32. The van der Waals surface area contributed by atoms with Crippen molar-refractivity contribution in [1.29, 1.82) is 0 Å². The van der Waals surface area contributed by atoms with Crippen LogP contribution in [0.25, 0.3) is 0 Å². The summed E-state index contributed by atoms with van der Waals surface area (Å²) in [6.07, 6.45) is 2.48. The number of rotatable bonds is 5. The molecule has 8 nitrogen and oxygen atoms in total. The largest absolute Gasteiger partial charge is 0.485 e. The fourth-order valence-electron chi connectivity index (χ4n) is 4.24. The van der Waals surface area contributed by atoms with Crippen molar-refractivity contribution >= 4 is 34.8 Å². The van der Waals surface area contributed by atoms with Crippen LogP contribution in [-0.2, 0) is 23.2 Å². The van der Waals surface area contributed by atoms with Crippen LogP contribution < -0.4 is 20.5 Å². The van der Waals surface area contributed by atoms with Crippen LogP contribution in [0.15, 0.2) is 33.6 Å². The summed E-state index contributed by atoms with van der Waals surface area (Å²) in [4.78, 5) is 25.9. The third kappa shape index (κ3) is 3.36. The van der Waals surface area contributed by atoms with Crippen LogP contribution in [-0.4, -0.2) is 16.0 Å². The topological polar surface area (TPSA) is 106 Å². The van der Waals surface area contributed by atoms with Crippen molar-refractivity contribution in [3.63, 3.8) is 0 Å². The zero-order valence-electron chi connectivity index (χ0n) is 16.4. The molecule has 0 radical (unpaired) electrons. The third-order valence-corrected chi connectivity index (χ3v) is 6.28. The SMILES string of the molecule is CC12CCCc3c(Oc4c(Cl)cc(OCc5noc(=O)[nH]5)cc4Cl)ccc(c31)NC2=O. The Hall–Kier alpha value is -2.97. The molecule has 0 saturated carbocycles. The van der Waals surface area contributed by atoms with Gasteiger partial charge in [0.25, 0.3) is 0 Å². The Morgan fingerprint density at radius 3 is 2.71 bits per heavy atom. The molecule has 160 valence electrons. The predicted octanol–water partition coefficient (Wildman–Crippen LogP) is 4.59. The molecule has 2 aliphatic rings. The number of halogens is 2. The quantitative estimate of drug-likeness (QED) is 0.575. The fourth-order valence-corrected chi connectivity index (χ4v) is 4.78. The molecule has 1 atom stereocenters. The predicted molar refractivity (Wildman–Crippen MR) is 113 cm³/mol. The number of aromatic nitrogens is 2. The molecule has 0 bridgehead atoms. The first-order valence-electron chi connectivity index (χ1n) is 9.67. The van der Waals surface area contributed by atoms with Gasteiger partial charge in [-0.25, -0.2) is 4.79 Å². The van der Waals surface area contributed by atoms with Crippen molar-refractivity contribution in [2.24, 2.45) is 0 Å². The van der Waals surface area contributed by atoms with Gasteiger partial charge in [0.15, 0.2) is 11.6 Å². The molecule has 0 spiro atoms. The molecule has 10 heteroatoms. The Balaban J connectivity index is 1.43. The van der Waals surface area contributed by atoms with Crippen LogP contribution >= 0.6 is 23.2 Å². The van der Waals surface area contributed by atoms with E-state index >= 15 is 0 Å². The minimum atomic E-state index is -0.662. The molecular formula is C21H17Cl2N3O5. The van der Waals surface area contributed by atoms with E-state index in [9.17, 15) is 9.59 Å². The lowest BCUT2D eigenvalue weighted by molar-refractivity contribution is -0.120. The molecule has 31 heavy (non-hydrogen) atoms. The maximum absolute atomic E-state index is 12.5. The van der Waals surface area contributed by atoms with Crippen molar-refractivity contribution in [2.75, 3.05) is 5.32 Å². The Morgan fingerprint density at radius 2 is 2.00 bits per heavy atom. The van der Waals surface area contributed by atoms with Crippen LogP contribution in [0.4, 0.5) is 5.69 Å². The van der Waals surface area contributed by atoms with Crippen LogP contribution in [0.3, 0.4) is 0 Å². The first-order chi connectivity index (χ1) is 14.8. The van der Waals surface area contributed by atoms with Crippen LogP contribution in [0, 0.1) is 0 Å². The van der Waals surface area contributed by atoms with Gasteiger partial charge in [-0.2, -0.15) is 0 Å². The van der Waals surface area contributed by atoms with E-state index in [1.165, 1.54) is 0 Å². The summed E-state index contributed by atoms with van der Waals surface area (Å²) < 4.78 is 16.1. The molecular weight excluding hydrogens is 445 g/mol. The Kier molecular flexibility index (Phi) is 4.71. The molecule has 1 aliphatic heterocycles. The maximum atomic E-state index is 12.5. The smallest absolute Gasteiger partial charge is 0.439 e. The highest BCUT2D eigenvalue weighted by Crippen LogP contribution is 2.50. The normalized spacial score (nSPS) is 19.1. The number of H-pyrrole nitrogens is 1. The zero-order valence-corrected chi connectivity index (χ0v) is 17.9. The number of hydrogen-bond acceptors (Lipinski definition) is 6. The zero-order chi connectivity index (χ0) is 21.8. The number of carbonyl (C=O) groups is 1. The average Bonchev–Trinajstić information content (AvgIpc) is 3.26. The molecule has 1 amide bonds. The van der Waals surface area contributed by atoms with Gasteiger partial charge < -0.3 is 14.8 Å². The van der Waals surface area contributed by atoms with E-state index in [1.54, 1.807) is 12.1 Å². The average molecular weight is 462 g/mol. The van der Waals surface area contributed by atoms with Gasteiger partial charge >= 0.3 is 5.76 Å². The minimum Gasteiger partial charge on any atom is -0.485 e. The second-order valence-electron chi connectivity index (χ2n) is 7.75. The van der Waals surface area contributed by atoms with E-state index in [-0.39, 0.29) is 28.4 Å². The summed E-state index contributed by atoms with van der Waals surface area (Å²) in [6.45, 7) is 1.95. The molecule has 0 saturated heterocycles. The highest BCUT2D eigenvalue weighted by Gasteiger charge is 2.46. The summed E-state index contributed by atoms with van der Waals surface area (Å²) in [5.74, 6) is 0.895. The van der Waals surface area contributed by atoms with Crippen LogP contribution in [0.1, 0.15) is 36.7 Å². The fraction of sp³-hybridized carbons (Fsp3) is 0.286. The molecule has 1 unspecified atom stereocenters. The van der Waals surface area contributed by atoms with Gasteiger partial charge in [0.05, 0.1) is 15.5 Å². The number of nitrogens with one attached hydrogen (secondary N) is 2. The molecule has 0 fully saturated rings. The number of anilines is 1. The van der Waals surface area contributed by atoms with E-state index in [0.29, 0.717) is 17.2 Å². The third-order valence-electron chi connectivity index (χ3n) is 5.72. The van der Waals surface area contributed by atoms with E-state index in [0.717, 1.165) is 36.1 Å². The molecule has 5 rings (SSSR count). The van der Waals surface area contributed by atoms with Gasteiger partial charge in [0, 0.05) is 23.4 Å². The molecule has 3 aromatic rings. The summed E-state index contributed by atoms with van der Waals surface area (Å²) >= 11 is 12.9. The summed E-state index contributed by atoms with van der Waals surface area (Å²) in [5.41, 5.74) is 2.28. The lowest BCUT2D eigenvalue weighted by Gasteiger charge is -2.30. The Morgan fingerprint density at radius 1 is 1.23 bits per heavy atom. The number of benzene rings is 2. The monoisotopic (exact) mass is 461 g/mol. The molecule has 1 aromatic heterocycles. The number of nitrogens with zero attached hydrogens (tertiary/aromatic N) is 1. The Bertz CT molecular complexity index is 1250. The van der Waals surface area contributed by atoms with Crippen LogP contribution in [0.5, 0.6) is 17.2 Å². The van der Waals surface area contributed by atoms with E-state index in [1.807, 2.05) is 19.1 Å². The maximum Gasteiger partial charge on any atom is 0.439 e. The lowest BCUT2D eigenvalue weighted by Crippen LogP contribution is -2.34. The van der Waals surface area contributed by atoms with Gasteiger partial charge in [0.1, 0.15) is 18.1 Å². The van der Waals surface area contributed by atoms with Crippen molar-refractivity contribution in [3.8, 4) is 17.2 Å². The Labute approximate surface area is 186 Å². The number of amides is 1. The highest BCUT2D eigenvalue weighted by molar-refractivity contribution is 6.37.